The molecule has 0 unspecified atom stereocenters. The lowest BCUT2D eigenvalue weighted by Gasteiger charge is -2.29. The summed E-state index contributed by atoms with van der Waals surface area (Å²) in [7, 11) is -1.37. The number of hydrogen-bond donors (Lipinski definition) is 1. The van der Waals surface area contributed by atoms with Gasteiger partial charge < -0.3 is 10.2 Å². The number of nitrogens with zero attached hydrogens (tertiary/aromatic N) is 1. The van der Waals surface area contributed by atoms with Gasteiger partial charge in [-0.2, -0.15) is 0 Å². The Morgan fingerprint density at radius 3 is 2.68 bits per heavy atom. The summed E-state index contributed by atoms with van der Waals surface area (Å²) in [6, 6.07) is 14.6. The van der Waals surface area contributed by atoms with Crippen LogP contribution in [-0.2, 0) is 22.1 Å². The fraction of sp³-hybridized carbons (Fsp3) is 0.263. The van der Waals surface area contributed by atoms with Gasteiger partial charge in [-0.05, 0) is 30.2 Å². The van der Waals surface area contributed by atoms with Crippen molar-refractivity contribution in [1.29, 1.82) is 0 Å². The summed E-state index contributed by atoms with van der Waals surface area (Å²) < 4.78 is 12.3. The molecule has 0 bridgehead atoms. The summed E-state index contributed by atoms with van der Waals surface area (Å²) in [6.45, 7) is 2.97. The van der Waals surface area contributed by atoms with Gasteiger partial charge in [-0.1, -0.05) is 37.3 Å². The third-order valence-electron chi connectivity index (χ3n) is 4.03. The fourth-order valence-electron chi connectivity index (χ4n) is 2.74. The van der Waals surface area contributed by atoms with Gasteiger partial charge >= 0.3 is 0 Å². The predicted octanol–water partition coefficient (Wildman–Crippen LogP) is 2.48. The Labute approximate surface area is 149 Å². The number of fused-ring (bicyclic) bond motifs is 1. The molecule has 1 N–H and O–H groups in total. The normalized spacial score (nSPS) is 16.4. The molecule has 5 nitrogen and oxygen atoms in total. The van der Waals surface area contributed by atoms with E-state index in [0.717, 1.165) is 12.0 Å². The second-order valence-electron chi connectivity index (χ2n) is 5.89. The molecule has 0 saturated heterocycles. The first-order valence-corrected chi connectivity index (χ1v) is 9.57. The van der Waals surface area contributed by atoms with Crippen LogP contribution in [0.4, 0.5) is 5.69 Å². The number of hydrogen-bond acceptors (Lipinski definition) is 3. The van der Waals surface area contributed by atoms with E-state index < -0.39 is 10.8 Å². The van der Waals surface area contributed by atoms with Crippen LogP contribution in [0.1, 0.15) is 29.3 Å². The first-order valence-electron chi connectivity index (χ1n) is 8.25. The number of rotatable bonds is 5. The third-order valence-corrected chi connectivity index (χ3v) is 5.38. The molecule has 130 valence electrons. The molecule has 0 radical (unpaired) electrons. The van der Waals surface area contributed by atoms with Crippen LogP contribution in [-0.4, -0.2) is 28.3 Å². The zero-order valence-electron chi connectivity index (χ0n) is 14.0. The molecule has 2 aromatic rings. The molecule has 2 amide bonds. The minimum atomic E-state index is -1.37. The van der Waals surface area contributed by atoms with Crippen molar-refractivity contribution < 1.29 is 13.8 Å². The maximum Gasteiger partial charge on any atom is 0.251 e. The largest absolute Gasteiger partial charge is 0.352 e. The third kappa shape index (κ3) is 3.79. The van der Waals surface area contributed by atoms with Crippen molar-refractivity contribution in [3.05, 3.63) is 59.7 Å². The summed E-state index contributed by atoms with van der Waals surface area (Å²) >= 11 is 0. The Hall–Kier alpha value is -2.47. The van der Waals surface area contributed by atoms with Crippen molar-refractivity contribution >= 4 is 28.3 Å². The van der Waals surface area contributed by atoms with Crippen LogP contribution in [0.25, 0.3) is 0 Å². The second kappa shape index (κ2) is 7.61. The first-order chi connectivity index (χ1) is 12.1. The fourth-order valence-corrected chi connectivity index (χ4v) is 3.90. The zero-order valence-corrected chi connectivity index (χ0v) is 14.8. The van der Waals surface area contributed by atoms with Gasteiger partial charge in [0.05, 0.1) is 27.9 Å². The van der Waals surface area contributed by atoms with Gasteiger partial charge in [-0.15, -0.1) is 0 Å². The number of nitrogens with one attached hydrogen (secondary N) is 1. The lowest BCUT2D eigenvalue weighted by atomic mass is 10.1. The molecule has 1 aliphatic rings. The van der Waals surface area contributed by atoms with E-state index in [4.69, 9.17) is 0 Å². The van der Waals surface area contributed by atoms with Gasteiger partial charge in [-0.25, -0.2) is 0 Å². The average molecular weight is 356 g/mol. The molecule has 1 heterocycles. The number of amides is 2. The number of carbonyl (C=O) groups is 2. The maximum absolute atomic E-state index is 12.5. The standard InChI is InChI=1S/C19H20N2O3S/c1-2-10-20-19(23)15-8-9-17-16(11-15)21(18(22)13-25(17)24)12-14-6-4-3-5-7-14/h3-9,11H,2,10,12-13H2,1H3,(H,20,23)/t25-/m1/s1. The highest BCUT2D eigenvalue weighted by Gasteiger charge is 2.30. The van der Waals surface area contributed by atoms with E-state index in [1.54, 1.807) is 23.1 Å². The summed E-state index contributed by atoms with van der Waals surface area (Å²) in [5.41, 5.74) is 2.01. The molecule has 1 atom stereocenters. The topological polar surface area (TPSA) is 66.5 Å². The highest BCUT2D eigenvalue weighted by Crippen LogP contribution is 2.31. The Morgan fingerprint density at radius 1 is 1.20 bits per heavy atom. The number of benzene rings is 2. The molecule has 1 aliphatic heterocycles. The van der Waals surface area contributed by atoms with Crippen LogP contribution < -0.4 is 10.2 Å². The van der Waals surface area contributed by atoms with Crippen LogP contribution in [0.15, 0.2) is 53.4 Å². The van der Waals surface area contributed by atoms with Crippen molar-refractivity contribution in [3.63, 3.8) is 0 Å². The van der Waals surface area contributed by atoms with Crippen molar-refractivity contribution in [2.75, 3.05) is 17.2 Å². The summed E-state index contributed by atoms with van der Waals surface area (Å²) in [5.74, 6) is -0.407. The van der Waals surface area contributed by atoms with Crippen molar-refractivity contribution in [3.8, 4) is 0 Å². The predicted molar refractivity (Wildman–Crippen MR) is 98.0 cm³/mol. The second-order valence-corrected chi connectivity index (χ2v) is 7.31. The van der Waals surface area contributed by atoms with E-state index in [9.17, 15) is 13.8 Å². The molecule has 0 aromatic heterocycles. The molecule has 0 saturated carbocycles. The van der Waals surface area contributed by atoms with E-state index >= 15 is 0 Å². The highest BCUT2D eigenvalue weighted by molar-refractivity contribution is 7.86. The Bertz CT molecular complexity index is 821. The van der Waals surface area contributed by atoms with Gasteiger partial charge in [-0.3, -0.25) is 13.8 Å². The summed E-state index contributed by atoms with van der Waals surface area (Å²) in [6.07, 6.45) is 0.847. The van der Waals surface area contributed by atoms with Gasteiger partial charge in [0.15, 0.2) is 0 Å². The van der Waals surface area contributed by atoms with Gasteiger partial charge in [0.2, 0.25) is 5.91 Å². The first kappa shape index (κ1) is 17.4. The SMILES string of the molecule is CCCNC(=O)c1ccc2c(c1)N(Cc1ccccc1)C(=O)C[S@]2=O. The highest BCUT2D eigenvalue weighted by atomic mass is 32.2. The molecule has 6 heteroatoms. The van der Waals surface area contributed by atoms with E-state index in [2.05, 4.69) is 5.32 Å². The lowest BCUT2D eigenvalue weighted by Crippen LogP contribution is -2.38. The van der Waals surface area contributed by atoms with E-state index in [1.807, 2.05) is 37.3 Å². The van der Waals surface area contributed by atoms with Crippen LogP contribution >= 0.6 is 0 Å². The van der Waals surface area contributed by atoms with Crippen LogP contribution in [0.2, 0.25) is 0 Å². The number of carbonyl (C=O) groups excluding carboxylic acids is 2. The quantitative estimate of drug-likeness (QED) is 0.895. The summed E-state index contributed by atoms with van der Waals surface area (Å²) in [4.78, 5) is 26.9. The maximum atomic E-state index is 12.5. The average Bonchev–Trinajstić information content (AvgIpc) is 2.63. The summed E-state index contributed by atoms with van der Waals surface area (Å²) in [5, 5.41) is 2.82. The van der Waals surface area contributed by atoms with Crippen molar-refractivity contribution in [2.45, 2.75) is 24.8 Å². The molecule has 0 fully saturated rings. The Kier molecular flexibility index (Phi) is 5.28. The van der Waals surface area contributed by atoms with Crippen molar-refractivity contribution in [1.82, 2.24) is 5.32 Å². The molecule has 25 heavy (non-hydrogen) atoms. The van der Waals surface area contributed by atoms with Crippen LogP contribution in [0, 0.1) is 0 Å². The van der Waals surface area contributed by atoms with Crippen LogP contribution in [0.3, 0.4) is 0 Å². The number of anilines is 1. The molecular weight excluding hydrogens is 336 g/mol. The van der Waals surface area contributed by atoms with Crippen LogP contribution in [0.5, 0.6) is 0 Å². The molecule has 2 aromatic carbocycles. The Morgan fingerprint density at radius 2 is 1.96 bits per heavy atom. The minimum absolute atomic E-state index is 0.0266. The van der Waals surface area contributed by atoms with Gasteiger partial charge in [0, 0.05) is 12.1 Å². The molecule has 3 rings (SSSR count). The van der Waals surface area contributed by atoms with Crippen molar-refractivity contribution in [2.24, 2.45) is 0 Å². The molecule has 0 spiro atoms. The van der Waals surface area contributed by atoms with E-state index in [1.165, 1.54) is 0 Å². The van der Waals surface area contributed by atoms with E-state index in [-0.39, 0.29) is 17.6 Å². The smallest absolute Gasteiger partial charge is 0.251 e. The van der Waals surface area contributed by atoms with E-state index in [0.29, 0.717) is 29.2 Å². The van der Waals surface area contributed by atoms with Gasteiger partial charge in [0.1, 0.15) is 5.75 Å². The van der Waals surface area contributed by atoms with Gasteiger partial charge in [0.25, 0.3) is 5.91 Å². The minimum Gasteiger partial charge on any atom is -0.352 e. The molecule has 0 aliphatic carbocycles. The molecular formula is C19H20N2O3S. The lowest BCUT2D eigenvalue weighted by molar-refractivity contribution is -0.116. The zero-order chi connectivity index (χ0) is 17.8. The Balaban J connectivity index is 1.96. The monoisotopic (exact) mass is 356 g/mol.